The molecular weight excluding hydrogens is 474 g/mol. The van der Waals surface area contributed by atoms with E-state index in [1.54, 1.807) is 20.8 Å². The van der Waals surface area contributed by atoms with Gasteiger partial charge in [0.2, 0.25) is 0 Å². The molecule has 0 bridgehead atoms. The van der Waals surface area contributed by atoms with E-state index in [4.69, 9.17) is 14.2 Å². The lowest BCUT2D eigenvalue weighted by atomic mass is 10.1. The van der Waals surface area contributed by atoms with E-state index in [2.05, 4.69) is 10.8 Å². The highest BCUT2D eigenvalue weighted by molar-refractivity contribution is 5.82. The molecule has 0 spiro atoms. The number of nitrogens with zero attached hydrogens (tertiary/aromatic N) is 1. The van der Waals surface area contributed by atoms with Crippen molar-refractivity contribution >= 4 is 18.0 Å². The number of carbonyl (C=O) groups is 3. The summed E-state index contributed by atoms with van der Waals surface area (Å²) in [4.78, 5) is 38.3. The maximum atomic E-state index is 12.9. The minimum absolute atomic E-state index is 0.0185. The zero-order valence-electron chi connectivity index (χ0n) is 22.8. The van der Waals surface area contributed by atoms with Crippen molar-refractivity contribution in [3.05, 3.63) is 48.0 Å². The lowest BCUT2D eigenvalue weighted by Gasteiger charge is -2.27. The van der Waals surface area contributed by atoms with Gasteiger partial charge in [0.15, 0.2) is 0 Å². The van der Waals surface area contributed by atoms with Crippen LogP contribution in [-0.2, 0) is 35.1 Å². The summed E-state index contributed by atoms with van der Waals surface area (Å²) in [5.41, 5.74) is 0.238. The maximum Gasteiger partial charge on any atom is 0.411 e. The van der Waals surface area contributed by atoms with Gasteiger partial charge in [-0.05, 0) is 52.0 Å². The molecule has 2 rings (SSSR count). The van der Waals surface area contributed by atoms with Gasteiger partial charge in [-0.25, -0.2) is 9.59 Å². The third-order valence-corrected chi connectivity index (χ3v) is 5.98. The monoisotopic (exact) mass is 517 g/mol. The number of amides is 1. The number of esters is 2. The fourth-order valence-electron chi connectivity index (χ4n) is 4.09. The largest absolute Gasteiger partial charge is 0.469 e. The molecule has 1 aliphatic rings. The van der Waals surface area contributed by atoms with Gasteiger partial charge in [-0.15, -0.1) is 0 Å². The van der Waals surface area contributed by atoms with Crippen LogP contribution in [0.1, 0.15) is 71.3 Å². The van der Waals surface area contributed by atoms with E-state index in [0.717, 1.165) is 37.7 Å². The zero-order valence-corrected chi connectivity index (χ0v) is 22.8. The Labute approximate surface area is 221 Å². The fraction of sp³-hybridized carbons (Fsp3) is 0.621. The molecule has 1 saturated heterocycles. The number of likely N-dealkylation sites (tertiary alicyclic amines) is 1. The molecule has 206 valence electrons. The van der Waals surface area contributed by atoms with Crippen molar-refractivity contribution in [2.75, 3.05) is 26.9 Å². The summed E-state index contributed by atoms with van der Waals surface area (Å²) in [5, 5.41) is 0. The van der Waals surface area contributed by atoms with E-state index >= 15 is 0 Å². The van der Waals surface area contributed by atoms with Crippen LogP contribution in [-0.4, -0.2) is 61.4 Å². The second kappa shape index (κ2) is 16.1. The molecule has 1 fully saturated rings. The Kier molecular flexibility index (Phi) is 13.2. The van der Waals surface area contributed by atoms with E-state index in [1.807, 2.05) is 36.4 Å². The summed E-state index contributed by atoms with van der Waals surface area (Å²) < 4.78 is 21.5. The lowest BCUT2D eigenvalue weighted by Crippen LogP contribution is -2.44. The van der Waals surface area contributed by atoms with Crippen LogP contribution in [0.4, 0.5) is 4.79 Å². The molecule has 8 heteroatoms. The quantitative estimate of drug-likeness (QED) is 0.140. The Bertz CT molecular complexity index is 863. The van der Waals surface area contributed by atoms with Gasteiger partial charge in [-0.1, -0.05) is 55.3 Å². The molecule has 0 aromatic heterocycles. The second-order valence-corrected chi connectivity index (χ2v) is 10.4. The predicted octanol–water partition coefficient (Wildman–Crippen LogP) is 5.44. The van der Waals surface area contributed by atoms with Crippen molar-refractivity contribution in [2.24, 2.45) is 5.92 Å². The molecule has 1 aromatic carbocycles. The van der Waals surface area contributed by atoms with Crippen molar-refractivity contribution in [3.63, 3.8) is 0 Å². The van der Waals surface area contributed by atoms with Crippen LogP contribution in [0, 0.1) is 5.92 Å². The van der Waals surface area contributed by atoms with Gasteiger partial charge in [-0.2, -0.15) is 0 Å². The Morgan fingerprint density at radius 2 is 1.76 bits per heavy atom. The molecule has 1 aromatic rings. The number of allylic oxidation sites excluding steroid dienone is 1. The molecule has 37 heavy (non-hydrogen) atoms. The van der Waals surface area contributed by atoms with E-state index in [1.165, 1.54) is 12.0 Å². The minimum Gasteiger partial charge on any atom is -0.469 e. The number of rotatable bonds is 14. The number of unbranched alkanes of at least 4 members (excludes halogenated alkanes) is 4. The van der Waals surface area contributed by atoms with Crippen molar-refractivity contribution in [3.8, 4) is 0 Å². The van der Waals surface area contributed by atoms with Crippen molar-refractivity contribution in [1.29, 1.82) is 0 Å². The van der Waals surface area contributed by atoms with Gasteiger partial charge in [0.1, 0.15) is 18.2 Å². The highest BCUT2D eigenvalue weighted by Crippen LogP contribution is 2.27. The van der Waals surface area contributed by atoms with E-state index in [-0.39, 0.29) is 18.5 Å². The molecule has 0 saturated carbocycles. The fourth-order valence-corrected chi connectivity index (χ4v) is 4.09. The summed E-state index contributed by atoms with van der Waals surface area (Å²) >= 11 is 0. The standard InChI is InChI=1S/C29H43NO7/c1-29(2,3)37-28(33)30-20-24(19-25(30)27(32)36-22-23-15-11-10-12-16-23)21-35-18-14-9-7-5-6-8-13-17-26(31)34-4/h9-12,14-16,24-25H,5-8,13,17-22H2,1-4H3/b14-9+/t24-,25-/m0/s1. The number of ether oxygens (including phenoxy) is 4. The first kappa shape index (κ1) is 30.4. The summed E-state index contributed by atoms with van der Waals surface area (Å²) in [6.07, 6.45) is 9.54. The van der Waals surface area contributed by atoms with Crippen LogP contribution >= 0.6 is 0 Å². The number of benzene rings is 1. The van der Waals surface area contributed by atoms with Crippen LogP contribution in [0.5, 0.6) is 0 Å². The Morgan fingerprint density at radius 3 is 2.46 bits per heavy atom. The third-order valence-electron chi connectivity index (χ3n) is 5.98. The van der Waals surface area contributed by atoms with Gasteiger partial charge < -0.3 is 18.9 Å². The first-order valence-electron chi connectivity index (χ1n) is 13.2. The average molecular weight is 518 g/mol. The lowest BCUT2D eigenvalue weighted by molar-refractivity contribution is -0.150. The first-order valence-corrected chi connectivity index (χ1v) is 13.2. The number of hydrogen-bond donors (Lipinski definition) is 0. The predicted molar refractivity (Wildman–Crippen MR) is 141 cm³/mol. The number of methoxy groups -OCH3 is 1. The van der Waals surface area contributed by atoms with Gasteiger partial charge in [-0.3, -0.25) is 9.69 Å². The number of carbonyl (C=O) groups excluding carboxylic acids is 3. The molecule has 0 aliphatic carbocycles. The Hall–Kier alpha value is -2.87. The Morgan fingerprint density at radius 1 is 1.03 bits per heavy atom. The van der Waals surface area contributed by atoms with Crippen molar-refractivity contribution < 1.29 is 33.3 Å². The van der Waals surface area contributed by atoms with Crippen molar-refractivity contribution in [1.82, 2.24) is 4.90 Å². The molecule has 1 aliphatic heterocycles. The topological polar surface area (TPSA) is 91.4 Å². The summed E-state index contributed by atoms with van der Waals surface area (Å²) in [6, 6.07) is 8.78. The second-order valence-electron chi connectivity index (χ2n) is 10.4. The van der Waals surface area contributed by atoms with E-state index < -0.39 is 23.7 Å². The first-order chi connectivity index (χ1) is 17.7. The van der Waals surface area contributed by atoms with Gasteiger partial charge in [0.25, 0.3) is 0 Å². The molecule has 0 unspecified atom stereocenters. The average Bonchev–Trinajstić information content (AvgIpc) is 3.30. The molecule has 8 nitrogen and oxygen atoms in total. The molecule has 1 heterocycles. The van der Waals surface area contributed by atoms with Crippen LogP contribution in [0.25, 0.3) is 0 Å². The normalized spacial score (nSPS) is 17.7. The van der Waals surface area contributed by atoms with E-state index in [9.17, 15) is 14.4 Å². The van der Waals surface area contributed by atoms with Crippen molar-refractivity contribution in [2.45, 2.75) is 84.0 Å². The SMILES string of the molecule is COC(=O)CCCCCC/C=C/COC[C@H]1C[C@@H](C(=O)OCc2ccccc2)N(C(=O)OC(C)(C)C)C1. The molecular formula is C29H43NO7. The van der Waals surface area contributed by atoms with Gasteiger partial charge >= 0.3 is 18.0 Å². The summed E-state index contributed by atoms with van der Waals surface area (Å²) in [7, 11) is 1.42. The highest BCUT2D eigenvalue weighted by atomic mass is 16.6. The minimum atomic E-state index is -0.693. The third kappa shape index (κ3) is 12.3. The summed E-state index contributed by atoms with van der Waals surface area (Å²) in [5.74, 6) is -0.558. The Balaban J connectivity index is 1.75. The molecule has 0 N–H and O–H groups in total. The molecule has 1 amide bonds. The zero-order chi connectivity index (χ0) is 27.1. The van der Waals surface area contributed by atoms with Crippen LogP contribution in [0.2, 0.25) is 0 Å². The van der Waals surface area contributed by atoms with Crippen LogP contribution in [0.3, 0.4) is 0 Å². The van der Waals surface area contributed by atoms with Gasteiger partial charge in [0, 0.05) is 18.9 Å². The smallest absolute Gasteiger partial charge is 0.411 e. The maximum absolute atomic E-state index is 12.9. The van der Waals surface area contributed by atoms with E-state index in [0.29, 0.717) is 32.6 Å². The molecule has 2 atom stereocenters. The van der Waals surface area contributed by atoms with Gasteiger partial charge in [0.05, 0.1) is 20.3 Å². The molecule has 0 radical (unpaired) electrons. The highest BCUT2D eigenvalue weighted by Gasteiger charge is 2.42. The summed E-state index contributed by atoms with van der Waals surface area (Å²) in [6.45, 7) is 6.88. The van der Waals surface area contributed by atoms with Crippen LogP contribution < -0.4 is 0 Å². The number of hydrogen-bond acceptors (Lipinski definition) is 7. The van der Waals surface area contributed by atoms with Crippen LogP contribution in [0.15, 0.2) is 42.5 Å².